The molecule has 2 aliphatic heterocycles. The van der Waals surface area contributed by atoms with Crippen LogP contribution in [0.1, 0.15) is 271 Å². The first-order valence-corrected chi connectivity index (χ1v) is 32.2. The summed E-state index contributed by atoms with van der Waals surface area (Å²) in [6.45, 7) is 60.4. The first-order chi connectivity index (χ1) is 36.6. The van der Waals surface area contributed by atoms with Crippen molar-refractivity contribution in [2.45, 2.75) is 248 Å². The summed E-state index contributed by atoms with van der Waals surface area (Å²) in [5, 5.41) is 2.06. The zero-order valence-electron chi connectivity index (χ0n) is 54.3. The van der Waals surface area contributed by atoms with Crippen molar-refractivity contribution in [1.29, 1.82) is 0 Å². The van der Waals surface area contributed by atoms with Crippen molar-refractivity contribution in [1.82, 2.24) is 0 Å². The molecule has 0 atom stereocenters. The molecule has 0 amide bonds. The molecule has 0 saturated heterocycles. The highest BCUT2D eigenvalue weighted by atomic mass is 31.2. The van der Waals surface area contributed by atoms with Gasteiger partial charge in [-0.1, -0.05) is 253 Å². The molecule has 2 aliphatic rings. The van der Waals surface area contributed by atoms with Crippen LogP contribution in [0.25, 0.3) is 11.1 Å². The summed E-state index contributed by atoms with van der Waals surface area (Å²) in [5.74, 6) is 4.04. The van der Waals surface area contributed by atoms with E-state index >= 15 is 0 Å². The van der Waals surface area contributed by atoms with Crippen LogP contribution in [0.15, 0.2) is 97.1 Å². The first-order valence-electron chi connectivity index (χ1n) is 29.9. The molecule has 0 N–H and O–H groups in total. The van der Waals surface area contributed by atoms with Crippen molar-refractivity contribution in [3.05, 3.63) is 164 Å². The van der Waals surface area contributed by atoms with E-state index in [9.17, 15) is 0 Å². The highest BCUT2D eigenvalue weighted by Crippen LogP contribution is 2.59. The summed E-state index contributed by atoms with van der Waals surface area (Å²) in [4.78, 5) is 0. The van der Waals surface area contributed by atoms with E-state index in [1.165, 1.54) is 66.8 Å². The van der Waals surface area contributed by atoms with E-state index in [-0.39, 0.29) is 55.2 Å². The highest BCUT2D eigenvalue weighted by Gasteiger charge is 2.41. The largest absolute Gasteiger partial charge is 0.435 e. The first kappa shape index (κ1) is 61.5. The maximum absolute atomic E-state index is 7.54. The molecule has 0 fully saturated rings. The number of hydrogen-bond acceptors (Lipinski definition) is 4. The molecule has 6 heteroatoms. The van der Waals surface area contributed by atoms with Crippen LogP contribution in [-0.4, -0.2) is 0 Å². The molecule has 0 unspecified atom stereocenters. The Kier molecular flexibility index (Phi) is 16.3. The van der Waals surface area contributed by atoms with Crippen LogP contribution < -0.4 is 28.7 Å². The van der Waals surface area contributed by atoms with Gasteiger partial charge in [-0.2, -0.15) is 0 Å². The number of benzene rings is 6. The number of hydrogen-bond donors (Lipinski definition) is 0. The Balaban J connectivity index is 1.26. The van der Waals surface area contributed by atoms with E-state index < -0.39 is 16.8 Å². The van der Waals surface area contributed by atoms with E-state index in [0.717, 1.165) is 57.6 Å². The van der Waals surface area contributed by atoms with E-state index in [1.807, 2.05) is 0 Å². The summed E-state index contributed by atoms with van der Waals surface area (Å²) in [6, 6.07) is 37.4. The van der Waals surface area contributed by atoms with Gasteiger partial charge < -0.3 is 18.1 Å². The molecule has 430 valence electrons. The van der Waals surface area contributed by atoms with Crippen LogP contribution >= 0.6 is 16.8 Å². The molecule has 0 saturated carbocycles. The Bertz CT molecular complexity index is 2860. The standard InChI is InChI=1S/C74H100O4P2/c1-27-53-55-37-47(67(3,4)5)41-59(71(15,16)17)63(55)75-79(76-64-56(53)38-48(68(6,7)8)42-60(64)72(18,19)20)51-33-29-45(30-34-51)46-31-35-52(36-32-46)80-77-65-57(39-49(69(9,10)11)43-61(65)73(21,22)23)54(28-2)58-40-50(70(12,13)14)44-62(66(58)78-80)74(24,25)26/h29-44,53-54H,27-28H2,1-26H3. The zero-order valence-corrected chi connectivity index (χ0v) is 56.1. The van der Waals surface area contributed by atoms with Gasteiger partial charge in [0.25, 0.3) is 0 Å². The predicted octanol–water partition coefficient (Wildman–Crippen LogP) is 21.6. The fraction of sp³-hybridized carbons (Fsp3) is 0.514. The molecule has 0 spiro atoms. The summed E-state index contributed by atoms with van der Waals surface area (Å²) in [7, 11) is -3.26. The topological polar surface area (TPSA) is 36.9 Å². The minimum absolute atomic E-state index is 0.0541. The summed E-state index contributed by atoms with van der Waals surface area (Å²) < 4.78 is 30.1. The van der Waals surface area contributed by atoms with Crippen molar-refractivity contribution in [3.8, 4) is 34.1 Å². The monoisotopic (exact) mass is 1110 g/mol. The lowest BCUT2D eigenvalue weighted by Gasteiger charge is -2.37. The van der Waals surface area contributed by atoms with Crippen LogP contribution in [-0.2, 0) is 43.3 Å². The predicted molar refractivity (Wildman–Crippen MR) is 347 cm³/mol. The number of fused-ring (bicyclic) bond motifs is 4. The third-order valence-electron chi connectivity index (χ3n) is 16.7. The molecule has 80 heavy (non-hydrogen) atoms. The van der Waals surface area contributed by atoms with Crippen molar-refractivity contribution < 1.29 is 18.1 Å². The second-order valence-corrected chi connectivity index (χ2v) is 34.5. The Morgan fingerprint density at radius 3 is 0.650 bits per heavy atom. The minimum Gasteiger partial charge on any atom is -0.435 e. The third kappa shape index (κ3) is 12.5. The molecule has 6 aromatic carbocycles. The van der Waals surface area contributed by atoms with Crippen molar-refractivity contribution >= 4 is 27.4 Å². The maximum Gasteiger partial charge on any atom is 0.326 e. The van der Waals surface area contributed by atoms with Gasteiger partial charge in [0.1, 0.15) is 23.0 Å². The SMILES string of the molecule is CCC1c2cc(C(C)(C)C)cc(C(C)(C)C)c2OP(c2ccc(-c3ccc(P4Oc5c(cc(C(C)(C)C)cc5C(C)(C)C)C(CC)c5cc(C(C)(C)C)cc(C(C)(C)C)c5O4)cc3)cc2)Oc2c1cc(C(C)(C)C)cc2C(C)(C)C. The summed E-state index contributed by atoms with van der Waals surface area (Å²) in [5.41, 5.74) is 16.5. The lowest BCUT2D eigenvalue weighted by Crippen LogP contribution is -2.25. The Morgan fingerprint density at radius 1 is 0.287 bits per heavy atom. The molecule has 0 aromatic heterocycles. The summed E-state index contributed by atoms with van der Waals surface area (Å²) >= 11 is 0. The summed E-state index contributed by atoms with van der Waals surface area (Å²) in [6.07, 6.45) is 1.83. The van der Waals surface area contributed by atoms with Crippen LogP contribution in [0.3, 0.4) is 0 Å². The molecule has 0 bridgehead atoms. The Morgan fingerprint density at radius 2 is 0.487 bits per heavy atom. The Hall–Kier alpha value is -4.62. The normalized spacial score (nSPS) is 18.4. The van der Waals surface area contributed by atoms with Gasteiger partial charge in [0, 0.05) is 56.3 Å². The lowest BCUT2D eigenvalue weighted by molar-refractivity contribution is 0.443. The molecule has 8 rings (SSSR count). The maximum atomic E-state index is 7.54. The van der Waals surface area contributed by atoms with Gasteiger partial charge in [-0.05, 0) is 114 Å². The molecule has 0 radical (unpaired) electrons. The Labute approximate surface area is 488 Å². The lowest BCUT2D eigenvalue weighted by atomic mass is 9.73. The molecule has 4 nitrogen and oxygen atoms in total. The molecule has 6 aromatic rings. The van der Waals surface area contributed by atoms with E-state index in [1.54, 1.807) is 0 Å². The van der Waals surface area contributed by atoms with Gasteiger partial charge in [0.15, 0.2) is 0 Å². The van der Waals surface area contributed by atoms with Gasteiger partial charge in [-0.25, -0.2) is 0 Å². The van der Waals surface area contributed by atoms with Crippen LogP contribution in [0.5, 0.6) is 23.0 Å². The fourth-order valence-electron chi connectivity index (χ4n) is 11.4. The van der Waals surface area contributed by atoms with Gasteiger partial charge in [0.2, 0.25) is 0 Å². The van der Waals surface area contributed by atoms with Gasteiger partial charge >= 0.3 is 16.8 Å². The average molecular weight is 1120 g/mol. The quantitative estimate of drug-likeness (QED) is 0.161. The second-order valence-electron chi connectivity index (χ2n) is 31.7. The minimum atomic E-state index is -1.63. The highest BCUT2D eigenvalue weighted by molar-refractivity contribution is 7.57. The third-order valence-corrected chi connectivity index (χ3v) is 19.5. The van der Waals surface area contributed by atoms with Gasteiger partial charge in [-0.15, -0.1) is 0 Å². The van der Waals surface area contributed by atoms with Gasteiger partial charge in [-0.3, -0.25) is 0 Å². The number of rotatable bonds is 5. The molecule has 0 aliphatic carbocycles. The van der Waals surface area contributed by atoms with Crippen LogP contribution in [0, 0.1) is 0 Å². The van der Waals surface area contributed by atoms with E-state index in [4.69, 9.17) is 18.1 Å². The van der Waals surface area contributed by atoms with Crippen molar-refractivity contribution in [2.75, 3.05) is 0 Å². The van der Waals surface area contributed by atoms with Gasteiger partial charge in [0.05, 0.1) is 10.6 Å². The second kappa shape index (κ2) is 21.2. The van der Waals surface area contributed by atoms with Crippen LogP contribution in [0.4, 0.5) is 0 Å². The van der Waals surface area contributed by atoms with E-state index in [2.05, 4.69) is 277 Å². The van der Waals surface area contributed by atoms with Crippen molar-refractivity contribution in [3.63, 3.8) is 0 Å². The molecular weight excluding hydrogens is 1010 g/mol. The fourth-order valence-corrected chi connectivity index (χ4v) is 14.1. The smallest absolute Gasteiger partial charge is 0.326 e. The average Bonchev–Trinajstić information content (AvgIpc) is 3.31. The molecule has 2 heterocycles. The van der Waals surface area contributed by atoms with Crippen LogP contribution in [0.2, 0.25) is 0 Å². The van der Waals surface area contributed by atoms with E-state index in [0.29, 0.717) is 0 Å². The zero-order chi connectivity index (χ0) is 59.4. The molecular formula is C74H100O4P2. The van der Waals surface area contributed by atoms with Crippen molar-refractivity contribution in [2.24, 2.45) is 0 Å².